The minimum absolute atomic E-state index is 0.105. The molecule has 0 fully saturated rings. The number of carbonyl (C=O) groups is 3. The molecule has 64 heavy (non-hydrogen) atoms. The number of nitrogens with zero attached hydrogens (tertiary/aromatic N) is 1. The third-order valence-electron chi connectivity index (χ3n) is 10.9. The normalized spacial score (nSPS) is 12.2. The molecular formula is C55H96N2O7. The van der Waals surface area contributed by atoms with Gasteiger partial charge in [-0.05, 0) is 142 Å². The van der Waals surface area contributed by atoms with Crippen LogP contribution in [0.25, 0.3) is 0 Å². The lowest BCUT2D eigenvalue weighted by Gasteiger charge is -2.19. The first kappa shape index (κ1) is 60.6. The Balaban J connectivity index is 4.21. The molecule has 0 rings (SSSR count). The van der Waals surface area contributed by atoms with Crippen LogP contribution in [0.5, 0.6) is 0 Å². The smallest absolute Gasteiger partial charge is 0.407 e. The highest BCUT2D eigenvalue weighted by atomic mass is 16.6. The van der Waals surface area contributed by atoms with Gasteiger partial charge >= 0.3 is 18.0 Å². The third kappa shape index (κ3) is 48.0. The fraction of sp³-hybridized carbons (Fsp3) is 0.727. The van der Waals surface area contributed by atoms with Crippen LogP contribution < -0.4 is 5.32 Å². The number of rotatable bonds is 46. The molecule has 1 N–H and O–H groups in total. The van der Waals surface area contributed by atoms with Crippen LogP contribution in [0.15, 0.2) is 72.9 Å². The zero-order valence-corrected chi connectivity index (χ0v) is 41.6. The van der Waals surface area contributed by atoms with Gasteiger partial charge in [-0.2, -0.15) is 0 Å². The summed E-state index contributed by atoms with van der Waals surface area (Å²) in [7, 11) is 2.05. The Morgan fingerprint density at radius 2 is 0.906 bits per heavy atom. The van der Waals surface area contributed by atoms with E-state index in [4.69, 9.17) is 18.9 Å². The highest BCUT2D eigenvalue weighted by Gasteiger charge is 2.15. The second-order valence-corrected chi connectivity index (χ2v) is 16.8. The second-order valence-electron chi connectivity index (χ2n) is 16.8. The number of allylic oxidation sites excluding steroid dienone is 12. The summed E-state index contributed by atoms with van der Waals surface area (Å²) in [4.78, 5) is 39.3. The molecule has 9 heteroatoms. The fourth-order valence-corrected chi connectivity index (χ4v) is 6.76. The molecule has 0 aromatic carbocycles. The van der Waals surface area contributed by atoms with Crippen molar-refractivity contribution in [3.8, 4) is 0 Å². The first-order valence-corrected chi connectivity index (χ1v) is 25.8. The number of hydrogen-bond acceptors (Lipinski definition) is 8. The fourth-order valence-electron chi connectivity index (χ4n) is 6.76. The third-order valence-corrected chi connectivity index (χ3v) is 10.9. The van der Waals surface area contributed by atoms with E-state index in [-0.39, 0.29) is 18.0 Å². The maximum atomic E-state index is 12.6. The first-order valence-electron chi connectivity index (χ1n) is 25.8. The second kappa shape index (κ2) is 50.6. The minimum atomic E-state index is -0.417. The Hall–Kier alpha value is -3.43. The van der Waals surface area contributed by atoms with Crippen LogP contribution in [0.1, 0.15) is 201 Å². The molecule has 0 aromatic rings. The zero-order chi connectivity index (χ0) is 46.7. The van der Waals surface area contributed by atoms with Crippen LogP contribution in [0.4, 0.5) is 4.79 Å². The monoisotopic (exact) mass is 897 g/mol. The van der Waals surface area contributed by atoms with E-state index in [0.29, 0.717) is 45.8 Å². The van der Waals surface area contributed by atoms with Crippen molar-refractivity contribution in [1.29, 1.82) is 0 Å². The van der Waals surface area contributed by atoms with Gasteiger partial charge in [0.2, 0.25) is 0 Å². The molecule has 368 valence electrons. The average Bonchev–Trinajstić information content (AvgIpc) is 3.29. The van der Waals surface area contributed by atoms with Gasteiger partial charge in [-0.15, -0.1) is 0 Å². The van der Waals surface area contributed by atoms with Crippen LogP contribution >= 0.6 is 0 Å². The summed E-state index contributed by atoms with van der Waals surface area (Å²) >= 11 is 0. The van der Waals surface area contributed by atoms with Gasteiger partial charge in [-0.1, -0.05) is 132 Å². The summed E-state index contributed by atoms with van der Waals surface area (Å²) in [5, 5.41) is 2.83. The molecule has 0 radical (unpaired) electrons. The van der Waals surface area contributed by atoms with Gasteiger partial charge in [0.05, 0.1) is 26.4 Å². The van der Waals surface area contributed by atoms with Gasteiger partial charge in [0.15, 0.2) is 0 Å². The molecule has 0 aliphatic carbocycles. The molecule has 0 atom stereocenters. The Labute approximate surface area is 393 Å². The zero-order valence-electron chi connectivity index (χ0n) is 41.6. The lowest BCUT2D eigenvalue weighted by Crippen LogP contribution is -2.32. The SMILES string of the molecule is CC/C=C\C/C=C\C/C=C\CCCCCCCC(=O)OCCCCCC(CCCCCOC(=O)CCCCCCC/C=C\C/C=C\C/C=C\CC)OC(=O)NCCOCCN(C)CC. The van der Waals surface area contributed by atoms with Gasteiger partial charge in [-0.3, -0.25) is 9.59 Å². The minimum Gasteiger partial charge on any atom is -0.466 e. The topological polar surface area (TPSA) is 103 Å². The Kier molecular flexibility index (Phi) is 47.9. The molecule has 0 saturated carbocycles. The largest absolute Gasteiger partial charge is 0.466 e. The van der Waals surface area contributed by atoms with E-state index < -0.39 is 6.09 Å². The number of hydrogen-bond donors (Lipinski definition) is 1. The molecule has 0 bridgehead atoms. The van der Waals surface area contributed by atoms with Crippen LogP contribution in [0, 0.1) is 0 Å². The molecule has 1 amide bonds. The molecule has 0 spiro atoms. The number of alkyl carbamates (subject to hydrolysis) is 1. The number of esters is 2. The quantitative estimate of drug-likeness (QED) is 0.0279. The molecule has 9 nitrogen and oxygen atoms in total. The van der Waals surface area contributed by atoms with Gasteiger partial charge < -0.3 is 29.2 Å². The van der Waals surface area contributed by atoms with E-state index in [1.54, 1.807) is 0 Å². The summed E-state index contributed by atoms with van der Waals surface area (Å²) < 4.78 is 22.5. The first-order chi connectivity index (χ1) is 31.4. The Bertz CT molecular complexity index is 1160. The number of amides is 1. The summed E-state index contributed by atoms with van der Waals surface area (Å²) in [6, 6.07) is 0. The van der Waals surface area contributed by atoms with E-state index in [9.17, 15) is 14.4 Å². The van der Waals surface area contributed by atoms with Crippen molar-refractivity contribution in [3.05, 3.63) is 72.9 Å². The Morgan fingerprint density at radius 1 is 0.484 bits per heavy atom. The number of ether oxygens (including phenoxy) is 4. The van der Waals surface area contributed by atoms with Crippen LogP contribution in [-0.2, 0) is 28.5 Å². The van der Waals surface area contributed by atoms with Crippen molar-refractivity contribution in [2.75, 3.05) is 53.1 Å². The van der Waals surface area contributed by atoms with Crippen molar-refractivity contribution < 1.29 is 33.3 Å². The number of unbranched alkanes of at least 4 members (excludes halogenated alkanes) is 14. The van der Waals surface area contributed by atoms with E-state index >= 15 is 0 Å². The summed E-state index contributed by atoms with van der Waals surface area (Å²) in [5.74, 6) is -0.210. The van der Waals surface area contributed by atoms with Gasteiger partial charge in [0.1, 0.15) is 6.10 Å². The van der Waals surface area contributed by atoms with Gasteiger partial charge in [0, 0.05) is 25.9 Å². The number of nitrogens with one attached hydrogen (secondary N) is 1. The average molecular weight is 897 g/mol. The van der Waals surface area contributed by atoms with Crippen LogP contribution in [0.2, 0.25) is 0 Å². The van der Waals surface area contributed by atoms with Crippen molar-refractivity contribution in [1.82, 2.24) is 10.2 Å². The molecule has 0 aromatic heterocycles. The summed E-state index contributed by atoms with van der Waals surface area (Å²) in [6.07, 6.45) is 53.3. The van der Waals surface area contributed by atoms with E-state index in [0.717, 1.165) is 154 Å². The van der Waals surface area contributed by atoms with Crippen molar-refractivity contribution in [3.63, 3.8) is 0 Å². The van der Waals surface area contributed by atoms with E-state index in [2.05, 4.69) is 111 Å². The lowest BCUT2D eigenvalue weighted by molar-refractivity contribution is -0.144. The number of likely N-dealkylation sites (N-methyl/N-ethyl adjacent to an activating group) is 1. The Morgan fingerprint density at radius 3 is 1.38 bits per heavy atom. The van der Waals surface area contributed by atoms with Crippen LogP contribution in [-0.4, -0.2) is 82.1 Å². The molecule has 0 aliphatic heterocycles. The number of carbonyl (C=O) groups excluding carboxylic acids is 3. The standard InChI is InChI=1S/C55H96N2O7/c1-5-8-10-12-14-16-18-20-22-24-26-28-30-32-38-44-53(58)62-48-40-34-36-42-52(64-55(60)56-46-50-61-51-47-57(4)7-3)43-37-35-41-49-63-54(59)45-39-33-31-29-27-25-23-21-19-17-15-13-11-9-6-2/h8-11,14-17,20-23,52H,5-7,12-13,18-19,24-51H2,1-4H3,(H,56,60)/b10-8-,11-9-,16-14-,17-15-,22-20-,23-21-. The van der Waals surface area contributed by atoms with Crippen molar-refractivity contribution >= 4 is 18.0 Å². The van der Waals surface area contributed by atoms with Gasteiger partial charge in [-0.25, -0.2) is 4.79 Å². The van der Waals surface area contributed by atoms with Gasteiger partial charge in [0.25, 0.3) is 0 Å². The molecule has 0 aliphatic rings. The summed E-state index contributed by atoms with van der Waals surface area (Å²) in [6.45, 7) is 10.6. The molecule has 0 heterocycles. The highest BCUT2D eigenvalue weighted by molar-refractivity contribution is 5.69. The van der Waals surface area contributed by atoms with E-state index in [1.807, 2.05) is 0 Å². The van der Waals surface area contributed by atoms with E-state index in [1.165, 1.54) is 25.7 Å². The van der Waals surface area contributed by atoms with Crippen molar-refractivity contribution in [2.45, 2.75) is 207 Å². The predicted molar refractivity (Wildman–Crippen MR) is 270 cm³/mol. The maximum Gasteiger partial charge on any atom is 0.407 e. The van der Waals surface area contributed by atoms with Crippen molar-refractivity contribution in [2.24, 2.45) is 0 Å². The van der Waals surface area contributed by atoms with Crippen LogP contribution in [0.3, 0.4) is 0 Å². The molecular weight excluding hydrogens is 801 g/mol. The molecule has 0 saturated heterocycles. The lowest BCUT2D eigenvalue weighted by atomic mass is 10.0. The summed E-state index contributed by atoms with van der Waals surface area (Å²) in [5.41, 5.74) is 0. The predicted octanol–water partition coefficient (Wildman–Crippen LogP) is 14.4. The maximum absolute atomic E-state index is 12.6. The highest BCUT2D eigenvalue weighted by Crippen LogP contribution is 2.16. The molecule has 0 unspecified atom stereocenters.